The summed E-state index contributed by atoms with van der Waals surface area (Å²) in [5.41, 5.74) is 6.54. The van der Waals surface area contributed by atoms with E-state index in [0.717, 1.165) is 32.9 Å². The normalized spacial score (nSPS) is 11.9. The molecule has 0 saturated carbocycles. The van der Waals surface area contributed by atoms with Gasteiger partial charge in [0.25, 0.3) is 0 Å². The van der Waals surface area contributed by atoms with Crippen LogP contribution < -0.4 is 0 Å². The number of nitrogens with zero attached hydrogens (tertiary/aromatic N) is 2. The monoisotopic (exact) mass is 458 g/mol. The predicted molar refractivity (Wildman–Crippen MR) is 140 cm³/mol. The summed E-state index contributed by atoms with van der Waals surface area (Å²) in [6, 6.07) is 32.4. The zero-order valence-electron chi connectivity index (χ0n) is 19.0. The molecular formula is C31H20F2N2. The van der Waals surface area contributed by atoms with Gasteiger partial charge in [-0.25, -0.2) is 8.78 Å². The molecule has 0 saturated heterocycles. The number of aryl methyl sites for hydroxylation is 1. The summed E-state index contributed by atoms with van der Waals surface area (Å²) >= 11 is 0. The van der Waals surface area contributed by atoms with Gasteiger partial charge in [0, 0.05) is 39.6 Å². The lowest BCUT2D eigenvalue weighted by molar-refractivity contribution is 0.621. The molecular weight excluding hydrogens is 438 g/mol. The van der Waals surface area contributed by atoms with Crippen LogP contribution >= 0.6 is 0 Å². The molecule has 0 aliphatic heterocycles. The Balaban J connectivity index is 1.51. The molecule has 2 heterocycles. The fourth-order valence-electron chi connectivity index (χ4n) is 5.42. The van der Waals surface area contributed by atoms with Crippen LogP contribution in [0.1, 0.15) is 0 Å². The quantitative estimate of drug-likeness (QED) is 0.246. The minimum Gasteiger partial charge on any atom is -0.344 e. The standard InChI is InChI=1S/C31H20F2N2/c1-34-27-8-4-2-6-22(27)23-16-19(10-13-28(23)34)20-11-14-29-24(17-20)25-18-21(32)12-15-30(25)35(29)31-9-5-3-7-26(31)33/h2-18H,1H3. The second kappa shape index (κ2) is 7.28. The minimum atomic E-state index is -0.318. The SMILES string of the molecule is Cn1c2ccccc2c2cc(-c3ccc4c(c3)c3cc(F)ccc3n4-c3ccccc3F)ccc21. The van der Waals surface area contributed by atoms with E-state index in [-0.39, 0.29) is 11.6 Å². The van der Waals surface area contributed by atoms with Gasteiger partial charge >= 0.3 is 0 Å². The fraction of sp³-hybridized carbons (Fsp3) is 0.0323. The van der Waals surface area contributed by atoms with Crippen molar-refractivity contribution in [3.05, 3.63) is 115 Å². The average Bonchev–Trinajstić information content (AvgIpc) is 3.36. The molecule has 0 radical (unpaired) electrons. The van der Waals surface area contributed by atoms with Crippen molar-refractivity contribution < 1.29 is 8.78 Å². The van der Waals surface area contributed by atoms with E-state index in [4.69, 9.17) is 0 Å². The Labute approximate surface area is 200 Å². The number of fused-ring (bicyclic) bond motifs is 6. The molecule has 5 aromatic carbocycles. The third-order valence-electron chi connectivity index (χ3n) is 7.07. The molecule has 0 amide bonds. The van der Waals surface area contributed by atoms with Crippen LogP contribution in [0.15, 0.2) is 103 Å². The Morgan fingerprint density at radius 1 is 0.514 bits per heavy atom. The Morgan fingerprint density at radius 3 is 1.86 bits per heavy atom. The summed E-state index contributed by atoms with van der Waals surface area (Å²) in [4.78, 5) is 0. The Hall–Kier alpha value is -4.44. The van der Waals surface area contributed by atoms with Crippen molar-refractivity contribution in [2.75, 3.05) is 0 Å². The number of para-hydroxylation sites is 2. The molecule has 35 heavy (non-hydrogen) atoms. The number of benzene rings is 5. The van der Waals surface area contributed by atoms with E-state index in [1.165, 1.54) is 40.0 Å². The first kappa shape index (κ1) is 20.0. The highest BCUT2D eigenvalue weighted by Gasteiger charge is 2.16. The summed E-state index contributed by atoms with van der Waals surface area (Å²) < 4.78 is 33.2. The van der Waals surface area contributed by atoms with Crippen molar-refractivity contribution in [3.8, 4) is 16.8 Å². The third kappa shape index (κ3) is 2.86. The van der Waals surface area contributed by atoms with E-state index >= 15 is 0 Å². The van der Waals surface area contributed by atoms with Crippen molar-refractivity contribution in [1.29, 1.82) is 0 Å². The molecule has 7 aromatic rings. The topological polar surface area (TPSA) is 9.86 Å². The molecule has 168 valence electrons. The van der Waals surface area contributed by atoms with Gasteiger partial charge in [-0.1, -0.05) is 42.5 Å². The lowest BCUT2D eigenvalue weighted by Gasteiger charge is -2.09. The van der Waals surface area contributed by atoms with Gasteiger partial charge in [0.2, 0.25) is 0 Å². The summed E-state index contributed by atoms with van der Waals surface area (Å²) in [6.45, 7) is 0. The second-order valence-corrected chi connectivity index (χ2v) is 8.99. The first-order chi connectivity index (χ1) is 17.1. The van der Waals surface area contributed by atoms with Gasteiger partial charge in [0.1, 0.15) is 11.6 Å². The Kier molecular flexibility index (Phi) is 4.15. The van der Waals surface area contributed by atoms with Crippen LogP contribution in [0.3, 0.4) is 0 Å². The van der Waals surface area contributed by atoms with Crippen molar-refractivity contribution in [2.45, 2.75) is 0 Å². The Bertz CT molecular complexity index is 1940. The van der Waals surface area contributed by atoms with Gasteiger partial charge < -0.3 is 9.13 Å². The molecule has 0 fully saturated rings. The summed E-state index contributed by atoms with van der Waals surface area (Å²) in [5, 5.41) is 4.06. The highest BCUT2D eigenvalue weighted by Crippen LogP contribution is 2.37. The summed E-state index contributed by atoms with van der Waals surface area (Å²) in [6.07, 6.45) is 0. The number of hydrogen-bond donors (Lipinski definition) is 0. The van der Waals surface area contributed by atoms with Crippen LogP contribution in [-0.4, -0.2) is 9.13 Å². The molecule has 0 N–H and O–H groups in total. The molecule has 0 aliphatic rings. The van der Waals surface area contributed by atoms with E-state index in [9.17, 15) is 8.78 Å². The summed E-state index contributed by atoms with van der Waals surface area (Å²) in [5.74, 6) is -0.631. The van der Waals surface area contributed by atoms with E-state index in [1.54, 1.807) is 18.2 Å². The predicted octanol–water partition coefficient (Wildman–Crippen LogP) is 8.37. The van der Waals surface area contributed by atoms with Crippen molar-refractivity contribution in [3.63, 3.8) is 0 Å². The third-order valence-corrected chi connectivity index (χ3v) is 7.07. The molecule has 0 unspecified atom stereocenters. The molecule has 4 heteroatoms. The molecule has 0 aliphatic carbocycles. The highest BCUT2D eigenvalue weighted by molar-refractivity contribution is 6.12. The largest absolute Gasteiger partial charge is 0.344 e. The van der Waals surface area contributed by atoms with Gasteiger partial charge in [-0.15, -0.1) is 0 Å². The fourth-order valence-corrected chi connectivity index (χ4v) is 5.42. The maximum Gasteiger partial charge on any atom is 0.147 e. The van der Waals surface area contributed by atoms with Crippen molar-refractivity contribution >= 4 is 43.6 Å². The molecule has 0 atom stereocenters. The Morgan fingerprint density at radius 2 is 1.09 bits per heavy atom. The minimum absolute atomic E-state index is 0.312. The maximum atomic E-state index is 14.8. The zero-order valence-corrected chi connectivity index (χ0v) is 19.0. The van der Waals surface area contributed by atoms with E-state index in [0.29, 0.717) is 5.69 Å². The second-order valence-electron chi connectivity index (χ2n) is 8.99. The van der Waals surface area contributed by atoms with Gasteiger partial charge in [-0.2, -0.15) is 0 Å². The maximum absolute atomic E-state index is 14.8. The smallest absolute Gasteiger partial charge is 0.147 e. The number of halogens is 2. The zero-order chi connectivity index (χ0) is 23.7. The summed E-state index contributed by atoms with van der Waals surface area (Å²) in [7, 11) is 2.09. The van der Waals surface area contributed by atoms with Crippen molar-refractivity contribution in [1.82, 2.24) is 9.13 Å². The van der Waals surface area contributed by atoms with Crippen molar-refractivity contribution in [2.24, 2.45) is 7.05 Å². The van der Waals surface area contributed by atoms with Crippen LogP contribution in [0.25, 0.3) is 60.4 Å². The molecule has 2 nitrogen and oxygen atoms in total. The number of hydrogen-bond acceptors (Lipinski definition) is 0. The lowest BCUT2D eigenvalue weighted by Crippen LogP contribution is -1.97. The number of rotatable bonds is 2. The average molecular weight is 459 g/mol. The van der Waals surface area contributed by atoms with E-state index in [1.807, 2.05) is 16.7 Å². The van der Waals surface area contributed by atoms with E-state index < -0.39 is 0 Å². The molecule has 2 aromatic heterocycles. The van der Waals surface area contributed by atoms with Gasteiger partial charge in [-0.05, 0) is 71.8 Å². The van der Waals surface area contributed by atoms with Crippen LogP contribution in [0.4, 0.5) is 8.78 Å². The number of aromatic nitrogens is 2. The van der Waals surface area contributed by atoms with Crippen LogP contribution in [0.2, 0.25) is 0 Å². The van der Waals surface area contributed by atoms with Crippen LogP contribution in [0.5, 0.6) is 0 Å². The van der Waals surface area contributed by atoms with Gasteiger partial charge in [0.15, 0.2) is 0 Å². The van der Waals surface area contributed by atoms with Gasteiger partial charge in [-0.3, -0.25) is 0 Å². The van der Waals surface area contributed by atoms with Gasteiger partial charge in [0.05, 0.1) is 16.7 Å². The first-order valence-electron chi connectivity index (χ1n) is 11.6. The van der Waals surface area contributed by atoms with Crippen LogP contribution in [-0.2, 0) is 7.05 Å². The first-order valence-corrected chi connectivity index (χ1v) is 11.6. The highest BCUT2D eigenvalue weighted by atomic mass is 19.1. The molecule has 7 rings (SSSR count). The van der Waals surface area contributed by atoms with E-state index in [2.05, 4.69) is 66.2 Å². The van der Waals surface area contributed by atoms with Crippen LogP contribution in [0, 0.1) is 11.6 Å². The molecule has 0 spiro atoms. The molecule has 0 bridgehead atoms. The lowest BCUT2D eigenvalue weighted by atomic mass is 10.0.